The number of ether oxygens (including phenoxy) is 2. The summed E-state index contributed by atoms with van der Waals surface area (Å²) in [5.41, 5.74) is 0.543. The second-order valence-corrected chi connectivity index (χ2v) is 7.62. The minimum Gasteiger partial charge on any atom is -0.482 e. The number of hydrogen-bond acceptors (Lipinski definition) is 7. The zero-order chi connectivity index (χ0) is 19.3. The Labute approximate surface area is 151 Å². The first-order chi connectivity index (χ1) is 12.2. The van der Waals surface area contributed by atoms with Gasteiger partial charge in [-0.3, -0.25) is 4.79 Å². The van der Waals surface area contributed by atoms with E-state index >= 15 is 0 Å². The second kappa shape index (κ2) is 8.15. The molecule has 9 heteroatoms. The molecular formula is C17H19NO7S. The van der Waals surface area contributed by atoms with Crippen LogP contribution in [0, 0.1) is 0 Å². The van der Waals surface area contributed by atoms with Gasteiger partial charge in [0, 0.05) is 19.7 Å². The molecule has 0 aliphatic heterocycles. The maximum Gasteiger partial charge on any atom is 0.344 e. The minimum atomic E-state index is -3.67. The van der Waals surface area contributed by atoms with Crippen molar-refractivity contribution in [1.82, 2.24) is 4.31 Å². The molecule has 0 saturated heterocycles. The minimum absolute atomic E-state index is 0.0648. The molecule has 1 heterocycles. The lowest BCUT2D eigenvalue weighted by atomic mass is 10.1. The Kier molecular flexibility index (Phi) is 6.17. The van der Waals surface area contributed by atoms with E-state index in [1.807, 2.05) is 0 Å². The van der Waals surface area contributed by atoms with Gasteiger partial charge in [-0.1, -0.05) is 0 Å². The summed E-state index contributed by atoms with van der Waals surface area (Å²) in [5, 5.41) is -0.227. The zero-order valence-corrected chi connectivity index (χ0v) is 15.4. The van der Waals surface area contributed by atoms with E-state index < -0.39 is 16.0 Å². The number of carbonyl (C=O) groups is 2. The average Bonchev–Trinajstić information content (AvgIpc) is 3.08. The van der Waals surface area contributed by atoms with E-state index in [1.54, 1.807) is 24.3 Å². The predicted molar refractivity (Wildman–Crippen MR) is 91.3 cm³/mol. The molecule has 0 fully saturated rings. The van der Waals surface area contributed by atoms with Crippen LogP contribution in [0.5, 0.6) is 5.75 Å². The van der Waals surface area contributed by atoms with E-state index in [-0.39, 0.29) is 29.8 Å². The van der Waals surface area contributed by atoms with Gasteiger partial charge in [0.2, 0.25) is 5.09 Å². The molecule has 0 atom stereocenters. The van der Waals surface area contributed by atoms with Crippen LogP contribution in [0.25, 0.3) is 0 Å². The van der Waals surface area contributed by atoms with Crippen LogP contribution in [0.15, 0.2) is 45.9 Å². The fraction of sp³-hybridized carbons (Fsp3) is 0.294. The first-order valence-electron chi connectivity index (χ1n) is 7.61. The lowest BCUT2D eigenvalue weighted by molar-refractivity contribution is -0.147. The molecule has 0 N–H and O–H groups in total. The van der Waals surface area contributed by atoms with Crippen molar-refractivity contribution in [3.63, 3.8) is 0 Å². The van der Waals surface area contributed by atoms with Gasteiger partial charge in [0.05, 0.1) is 0 Å². The highest BCUT2D eigenvalue weighted by atomic mass is 32.2. The summed E-state index contributed by atoms with van der Waals surface area (Å²) in [6.45, 7) is 0.911. The molecule has 0 aliphatic carbocycles. The molecule has 0 radical (unpaired) electrons. The fourth-order valence-corrected chi connectivity index (χ4v) is 2.69. The van der Waals surface area contributed by atoms with Gasteiger partial charge in [0.1, 0.15) is 18.1 Å². The number of furan rings is 1. The molecule has 0 spiro atoms. The van der Waals surface area contributed by atoms with Gasteiger partial charge in [-0.25, -0.2) is 17.5 Å². The Morgan fingerprint density at radius 2 is 1.73 bits per heavy atom. The number of nitrogens with zero attached hydrogens (tertiary/aromatic N) is 1. The number of rotatable bonds is 8. The van der Waals surface area contributed by atoms with Crippen molar-refractivity contribution in [3.05, 3.63) is 47.7 Å². The van der Waals surface area contributed by atoms with E-state index in [2.05, 4.69) is 0 Å². The number of benzene rings is 1. The smallest absolute Gasteiger partial charge is 0.344 e. The lowest BCUT2D eigenvalue weighted by Crippen LogP contribution is -2.21. The van der Waals surface area contributed by atoms with Crippen LogP contribution in [0.1, 0.15) is 23.0 Å². The van der Waals surface area contributed by atoms with Gasteiger partial charge >= 0.3 is 5.97 Å². The van der Waals surface area contributed by atoms with Gasteiger partial charge in [0.25, 0.3) is 10.0 Å². The van der Waals surface area contributed by atoms with Crippen molar-refractivity contribution in [1.29, 1.82) is 0 Å². The summed E-state index contributed by atoms with van der Waals surface area (Å²) in [4.78, 5) is 22.9. The van der Waals surface area contributed by atoms with Crippen LogP contribution in [-0.4, -0.2) is 45.2 Å². The first-order valence-corrected chi connectivity index (χ1v) is 9.05. The van der Waals surface area contributed by atoms with Gasteiger partial charge in [-0.05, 0) is 43.3 Å². The van der Waals surface area contributed by atoms with Crippen molar-refractivity contribution in [2.75, 3.05) is 20.7 Å². The van der Waals surface area contributed by atoms with Crippen LogP contribution in [-0.2, 0) is 26.2 Å². The molecule has 8 nitrogen and oxygen atoms in total. The molecule has 0 unspecified atom stereocenters. The second-order valence-electron chi connectivity index (χ2n) is 5.54. The molecule has 1 aromatic heterocycles. The van der Waals surface area contributed by atoms with E-state index in [9.17, 15) is 18.0 Å². The highest BCUT2D eigenvalue weighted by Crippen LogP contribution is 2.17. The third-order valence-electron chi connectivity index (χ3n) is 3.36. The Bertz CT molecular complexity index is 882. The SMILES string of the molecule is CC(=O)c1ccc(OCC(=O)OCc2ccc(S(=O)(=O)N(C)C)o2)cc1. The van der Waals surface area contributed by atoms with Crippen molar-refractivity contribution < 1.29 is 31.9 Å². The lowest BCUT2D eigenvalue weighted by Gasteiger charge is -2.08. The molecule has 2 aromatic rings. The number of sulfonamides is 1. The molecule has 26 heavy (non-hydrogen) atoms. The van der Waals surface area contributed by atoms with Crippen molar-refractivity contribution in [2.45, 2.75) is 18.6 Å². The number of Topliss-reactive ketones (excluding diaryl/α,β-unsaturated/α-hetero) is 1. The van der Waals surface area contributed by atoms with Crippen molar-refractivity contribution >= 4 is 21.8 Å². The topological polar surface area (TPSA) is 103 Å². The highest BCUT2D eigenvalue weighted by Gasteiger charge is 2.21. The van der Waals surface area contributed by atoms with E-state index in [4.69, 9.17) is 13.9 Å². The zero-order valence-electron chi connectivity index (χ0n) is 14.6. The monoisotopic (exact) mass is 381 g/mol. The summed E-state index contributed by atoms with van der Waals surface area (Å²) in [5.74, 6) is -0.0898. The summed E-state index contributed by atoms with van der Waals surface area (Å²) in [6.07, 6.45) is 0. The predicted octanol–water partition coefficient (Wildman–Crippen LogP) is 1.85. The first kappa shape index (κ1) is 19.7. The molecule has 0 bridgehead atoms. The van der Waals surface area contributed by atoms with Crippen LogP contribution < -0.4 is 4.74 Å². The van der Waals surface area contributed by atoms with Crippen LogP contribution >= 0.6 is 0 Å². The molecular weight excluding hydrogens is 362 g/mol. The third-order valence-corrected chi connectivity index (χ3v) is 5.05. The van der Waals surface area contributed by atoms with Crippen molar-refractivity contribution in [3.8, 4) is 5.75 Å². The Hall–Kier alpha value is -2.65. The maximum absolute atomic E-state index is 11.9. The van der Waals surface area contributed by atoms with Crippen molar-refractivity contribution in [2.24, 2.45) is 0 Å². The number of carbonyl (C=O) groups excluding carboxylic acids is 2. The van der Waals surface area contributed by atoms with Gasteiger partial charge < -0.3 is 13.9 Å². The van der Waals surface area contributed by atoms with Crippen LogP contribution in [0.2, 0.25) is 0 Å². The largest absolute Gasteiger partial charge is 0.482 e. The summed E-state index contributed by atoms with van der Waals surface area (Å²) in [6, 6.07) is 9.07. The third kappa shape index (κ3) is 4.93. The van der Waals surface area contributed by atoms with Gasteiger partial charge in [-0.2, -0.15) is 0 Å². The number of ketones is 1. The van der Waals surface area contributed by atoms with Gasteiger partial charge in [-0.15, -0.1) is 0 Å². The molecule has 0 saturated carbocycles. The fourth-order valence-electron chi connectivity index (χ4n) is 1.88. The normalized spacial score (nSPS) is 11.4. The number of esters is 1. The summed E-state index contributed by atoms with van der Waals surface area (Å²) in [7, 11) is -0.900. The van der Waals surface area contributed by atoms with E-state index in [1.165, 1.54) is 33.2 Å². The summed E-state index contributed by atoms with van der Waals surface area (Å²) < 4.78 is 40.2. The molecule has 0 aliphatic rings. The molecule has 1 aromatic carbocycles. The Balaban J connectivity index is 1.84. The highest BCUT2D eigenvalue weighted by molar-refractivity contribution is 7.88. The van der Waals surface area contributed by atoms with E-state index in [0.717, 1.165) is 4.31 Å². The quantitative estimate of drug-likeness (QED) is 0.508. The van der Waals surface area contributed by atoms with Gasteiger partial charge in [0.15, 0.2) is 12.4 Å². The molecule has 0 amide bonds. The van der Waals surface area contributed by atoms with Crippen LogP contribution in [0.4, 0.5) is 0 Å². The molecule has 2 rings (SSSR count). The van der Waals surface area contributed by atoms with E-state index in [0.29, 0.717) is 11.3 Å². The Morgan fingerprint density at radius 1 is 1.08 bits per heavy atom. The number of hydrogen-bond donors (Lipinski definition) is 0. The standard InChI is InChI=1S/C17H19NO7S/c1-12(19)13-4-6-14(7-5-13)23-11-16(20)24-10-15-8-9-17(25-15)26(21,22)18(2)3/h4-9H,10-11H2,1-3H3. The summed E-state index contributed by atoms with van der Waals surface area (Å²) >= 11 is 0. The van der Waals surface area contributed by atoms with Crippen LogP contribution in [0.3, 0.4) is 0 Å². The maximum atomic E-state index is 11.9. The average molecular weight is 381 g/mol. The molecule has 140 valence electrons. The Morgan fingerprint density at radius 3 is 2.31 bits per heavy atom.